The predicted octanol–water partition coefficient (Wildman–Crippen LogP) is 5.09. The average molecular weight is 386 g/mol. The topological polar surface area (TPSA) is 12.9 Å². The zero-order valence-corrected chi connectivity index (χ0v) is 16.1. The van der Waals surface area contributed by atoms with Crippen LogP contribution in [0.1, 0.15) is 52.4 Å². The molecule has 0 atom stereocenters. The molecule has 20 heavy (non-hydrogen) atoms. The van der Waals surface area contributed by atoms with Gasteiger partial charge in [-0.2, -0.15) is 0 Å². The molecule has 0 amide bonds. The zero-order chi connectivity index (χ0) is 14.7. The second-order valence-corrected chi connectivity index (χ2v) is 19.1. The van der Waals surface area contributed by atoms with Gasteiger partial charge in [-0.1, -0.05) is 0 Å². The molecular weight excluding hydrogens is 356 g/mol. The molecule has 0 aliphatic heterocycles. The van der Waals surface area contributed by atoms with Crippen molar-refractivity contribution >= 4 is 22.0 Å². The zero-order valence-electron chi connectivity index (χ0n) is 13.2. The van der Waals surface area contributed by atoms with Gasteiger partial charge in [0.25, 0.3) is 0 Å². The molecule has 0 radical (unpaired) electrons. The molecule has 1 heterocycles. The summed E-state index contributed by atoms with van der Waals surface area (Å²) in [6.45, 7) is 4.40. The van der Waals surface area contributed by atoms with Gasteiger partial charge < -0.3 is 0 Å². The van der Waals surface area contributed by atoms with Gasteiger partial charge in [0.1, 0.15) is 0 Å². The Hall–Kier alpha value is -0.121. The number of rotatable bonds is 11. The number of aromatic nitrogens is 1. The van der Waals surface area contributed by atoms with E-state index < -0.39 is 18.4 Å². The van der Waals surface area contributed by atoms with Crippen molar-refractivity contribution in [1.29, 1.82) is 0 Å². The van der Waals surface area contributed by atoms with Crippen LogP contribution in [-0.4, -0.2) is 30.0 Å². The summed E-state index contributed by atoms with van der Waals surface area (Å²) in [4.78, 5) is 4.37. The van der Waals surface area contributed by atoms with Gasteiger partial charge in [-0.25, -0.2) is 0 Å². The van der Waals surface area contributed by atoms with Crippen LogP contribution in [-0.2, 0) is 0 Å². The Morgan fingerprint density at radius 3 is 2.15 bits per heavy atom. The first-order chi connectivity index (χ1) is 9.79. The first-order valence-corrected chi connectivity index (χ1v) is 15.7. The van der Waals surface area contributed by atoms with Crippen molar-refractivity contribution in [2.45, 2.75) is 65.7 Å². The molecule has 0 aromatic carbocycles. The normalized spacial score (nSPS) is 11.8. The second kappa shape index (κ2) is 10.6. The molecule has 0 unspecified atom stereocenters. The number of hydrogen-bond acceptors (Lipinski definition) is 1. The Labute approximate surface area is 128 Å². The average Bonchev–Trinajstić information content (AvgIpc) is 2.51. The Kier molecular flexibility index (Phi) is 9.49. The molecule has 1 rings (SSSR count). The number of alkyl halides is 1. The third-order valence-corrected chi connectivity index (χ3v) is 19.9. The number of pyridine rings is 1. The van der Waals surface area contributed by atoms with Gasteiger partial charge in [0.05, 0.1) is 0 Å². The van der Waals surface area contributed by atoms with E-state index in [0.717, 1.165) is 12.8 Å². The van der Waals surface area contributed by atoms with E-state index in [9.17, 15) is 4.39 Å². The molecule has 0 bridgehead atoms. The van der Waals surface area contributed by atoms with Crippen molar-refractivity contribution in [3.63, 3.8) is 0 Å². The molecule has 0 aliphatic carbocycles. The maximum absolute atomic E-state index is 12.5. The van der Waals surface area contributed by atoms with E-state index in [4.69, 9.17) is 0 Å². The van der Waals surface area contributed by atoms with E-state index in [2.05, 4.69) is 37.2 Å². The molecule has 1 aromatic heterocycles. The van der Waals surface area contributed by atoms with Crippen LogP contribution in [0.3, 0.4) is 0 Å². The summed E-state index contributed by atoms with van der Waals surface area (Å²) < 4.78 is 18.2. The van der Waals surface area contributed by atoms with E-state index in [1.54, 1.807) is 3.58 Å². The van der Waals surface area contributed by atoms with Gasteiger partial charge in [-0.05, 0) is 0 Å². The van der Waals surface area contributed by atoms with Crippen LogP contribution in [0.25, 0.3) is 0 Å². The van der Waals surface area contributed by atoms with Crippen LogP contribution in [0.15, 0.2) is 24.5 Å². The summed E-state index contributed by atoms with van der Waals surface area (Å²) in [5.74, 6) is 0. The first kappa shape index (κ1) is 17.9. The van der Waals surface area contributed by atoms with E-state index >= 15 is 0 Å². The number of halogens is 1. The van der Waals surface area contributed by atoms with Crippen molar-refractivity contribution < 1.29 is 4.39 Å². The van der Waals surface area contributed by atoms with E-state index in [0.29, 0.717) is 0 Å². The monoisotopic (exact) mass is 387 g/mol. The fourth-order valence-electron chi connectivity index (χ4n) is 3.07. The maximum atomic E-state index is 12.5. The van der Waals surface area contributed by atoms with Gasteiger partial charge >= 0.3 is 128 Å². The standard InChI is InChI=1S/C5H4N.C4H8F.2C4H9.Sn/c1-2-4-6-5-3-1;1-2-3-4-5;2*1-3-4-2;/h1-2,4-5H;1-4H2;2*1,3-4H2,2H3;. The van der Waals surface area contributed by atoms with Gasteiger partial charge in [-0.3, -0.25) is 0 Å². The minimum absolute atomic E-state index is 0.156. The van der Waals surface area contributed by atoms with Gasteiger partial charge in [0.15, 0.2) is 0 Å². The van der Waals surface area contributed by atoms with Crippen molar-refractivity contribution in [1.82, 2.24) is 4.98 Å². The second-order valence-electron chi connectivity index (χ2n) is 5.88. The molecule has 0 N–H and O–H groups in total. The number of hydrogen-bond donors (Lipinski definition) is 0. The fourth-order valence-corrected chi connectivity index (χ4v) is 18.5. The summed E-state index contributed by atoms with van der Waals surface area (Å²) in [5, 5.41) is 0. The quantitative estimate of drug-likeness (QED) is 0.382. The van der Waals surface area contributed by atoms with Gasteiger partial charge in [0.2, 0.25) is 0 Å². The Morgan fingerprint density at radius 2 is 1.65 bits per heavy atom. The first-order valence-electron chi connectivity index (χ1n) is 8.25. The molecule has 0 fully saturated rings. The molecule has 0 aliphatic rings. The number of nitrogens with zero attached hydrogens (tertiary/aromatic N) is 1. The van der Waals surface area contributed by atoms with Crippen LogP contribution in [0, 0.1) is 0 Å². The minimum atomic E-state index is -2.35. The Balaban J connectivity index is 2.90. The molecule has 0 saturated heterocycles. The molecule has 114 valence electrons. The van der Waals surface area contributed by atoms with E-state index in [1.807, 2.05) is 6.20 Å². The third-order valence-electron chi connectivity index (χ3n) is 4.33. The summed E-state index contributed by atoms with van der Waals surface area (Å²) in [7, 11) is 0. The summed E-state index contributed by atoms with van der Waals surface area (Å²) in [6.07, 6.45) is 11.0. The van der Waals surface area contributed by atoms with Gasteiger partial charge in [-0.15, -0.1) is 0 Å². The molecule has 1 aromatic rings. The van der Waals surface area contributed by atoms with Crippen molar-refractivity contribution in [2.75, 3.05) is 6.67 Å². The van der Waals surface area contributed by atoms with Crippen LogP contribution >= 0.6 is 0 Å². The van der Waals surface area contributed by atoms with Crippen LogP contribution in [0.5, 0.6) is 0 Å². The fraction of sp³-hybridized carbons (Fsp3) is 0.706. The third kappa shape index (κ3) is 5.71. The van der Waals surface area contributed by atoms with Crippen LogP contribution < -0.4 is 3.58 Å². The van der Waals surface area contributed by atoms with E-state index in [1.165, 1.54) is 39.0 Å². The van der Waals surface area contributed by atoms with Crippen LogP contribution in [0.4, 0.5) is 4.39 Å². The van der Waals surface area contributed by atoms with Gasteiger partial charge in [0, 0.05) is 0 Å². The van der Waals surface area contributed by atoms with Crippen LogP contribution in [0.2, 0.25) is 13.3 Å². The van der Waals surface area contributed by atoms with Crippen molar-refractivity contribution in [2.24, 2.45) is 0 Å². The Bertz CT molecular complexity index is 334. The Morgan fingerprint density at radius 1 is 1.00 bits per heavy atom. The predicted molar refractivity (Wildman–Crippen MR) is 89.1 cm³/mol. The van der Waals surface area contributed by atoms with Crippen molar-refractivity contribution in [3.05, 3.63) is 24.5 Å². The molecule has 3 heteroatoms. The van der Waals surface area contributed by atoms with E-state index in [-0.39, 0.29) is 6.67 Å². The molecule has 0 saturated carbocycles. The molecule has 0 spiro atoms. The summed E-state index contributed by atoms with van der Waals surface area (Å²) in [5.41, 5.74) is 0. The van der Waals surface area contributed by atoms with Crippen molar-refractivity contribution in [3.8, 4) is 0 Å². The molecule has 1 nitrogen and oxygen atoms in total. The SMILES string of the molecule is CCC[CH2][Sn]([CH2]CCC)([CH2]CCCF)[c]1cccnc1. The molecular formula is C17H30FNSn. The summed E-state index contributed by atoms with van der Waals surface area (Å²) >= 11 is -2.35. The number of unbranched alkanes of at least 4 members (excludes halogenated alkanes) is 3. The summed E-state index contributed by atoms with van der Waals surface area (Å²) in [6, 6.07) is 4.40.